The molecule has 0 aromatic heterocycles. The Morgan fingerprint density at radius 3 is 2.12 bits per heavy atom. The highest BCUT2D eigenvalue weighted by molar-refractivity contribution is 8.00. The van der Waals surface area contributed by atoms with Gasteiger partial charge in [-0.2, -0.15) is 0 Å². The summed E-state index contributed by atoms with van der Waals surface area (Å²) in [6.45, 7) is 1.75. The lowest BCUT2D eigenvalue weighted by Crippen LogP contribution is -2.38. The summed E-state index contributed by atoms with van der Waals surface area (Å²) < 4.78 is 5.04. The van der Waals surface area contributed by atoms with Gasteiger partial charge in [0, 0.05) is 4.90 Å². The molecule has 2 rings (SSSR count). The van der Waals surface area contributed by atoms with Gasteiger partial charge in [0.15, 0.2) is 0 Å². The monoisotopic (exact) mass is 360 g/mol. The molecular formula is C19H20O5S. The molecule has 3 atom stereocenters. The average Bonchev–Trinajstić information content (AvgIpc) is 2.62. The maximum Gasteiger partial charge on any atom is 0.318 e. The summed E-state index contributed by atoms with van der Waals surface area (Å²) in [5, 5.41) is 19.2. The third-order valence-corrected chi connectivity index (χ3v) is 4.91. The summed E-state index contributed by atoms with van der Waals surface area (Å²) in [6.07, 6.45) is -1.28. The zero-order chi connectivity index (χ0) is 18.2. The molecule has 0 aliphatic heterocycles. The second-order valence-corrected chi connectivity index (χ2v) is 6.54. The zero-order valence-corrected chi connectivity index (χ0v) is 14.6. The number of carboxylic acids is 1. The van der Waals surface area contributed by atoms with Gasteiger partial charge in [0.25, 0.3) is 0 Å². The van der Waals surface area contributed by atoms with Crippen LogP contribution in [0.1, 0.15) is 18.6 Å². The van der Waals surface area contributed by atoms with E-state index in [0.29, 0.717) is 10.5 Å². The van der Waals surface area contributed by atoms with Crippen LogP contribution < -0.4 is 0 Å². The lowest BCUT2D eigenvalue weighted by Gasteiger charge is -2.26. The van der Waals surface area contributed by atoms with Gasteiger partial charge in [-0.05, 0) is 24.6 Å². The van der Waals surface area contributed by atoms with Crippen LogP contribution in [-0.2, 0) is 14.3 Å². The summed E-state index contributed by atoms with van der Waals surface area (Å²) in [4.78, 5) is 25.0. The van der Waals surface area contributed by atoms with Crippen LogP contribution >= 0.6 is 11.8 Å². The summed E-state index contributed by atoms with van der Waals surface area (Å²) in [7, 11) is 0. The van der Waals surface area contributed by atoms with E-state index in [1.165, 1.54) is 0 Å². The fraction of sp³-hybridized carbons (Fsp3) is 0.263. The van der Waals surface area contributed by atoms with Gasteiger partial charge in [-0.3, -0.25) is 9.59 Å². The SMILES string of the molecule is CCOC(=O)[C@H](C(Sc1ccccc1)C(=O)O)[C@H](O)c1ccccc1. The summed E-state index contributed by atoms with van der Waals surface area (Å²) >= 11 is 1.02. The Morgan fingerprint density at radius 1 is 1.04 bits per heavy atom. The van der Waals surface area contributed by atoms with Crippen molar-refractivity contribution < 1.29 is 24.5 Å². The van der Waals surface area contributed by atoms with Crippen LogP contribution in [0.3, 0.4) is 0 Å². The molecule has 0 amide bonds. The predicted octanol–water partition coefficient (Wildman–Crippen LogP) is 3.14. The third-order valence-electron chi connectivity index (χ3n) is 3.62. The van der Waals surface area contributed by atoms with E-state index in [9.17, 15) is 19.8 Å². The molecule has 2 N–H and O–H groups in total. The Kier molecular flexibility index (Phi) is 7.03. The first kappa shape index (κ1) is 19.0. The number of esters is 1. The van der Waals surface area contributed by atoms with Crippen molar-refractivity contribution in [2.24, 2.45) is 5.92 Å². The fourth-order valence-corrected chi connectivity index (χ4v) is 3.55. The second kappa shape index (κ2) is 9.25. The molecule has 0 saturated heterocycles. The quantitative estimate of drug-likeness (QED) is 0.556. The van der Waals surface area contributed by atoms with E-state index in [2.05, 4.69) is 0 Å². The zero-order valence-electron chi connectivity index (χ0n) is 13.7. The van der Waals surface area contributed by atoms with Crippen LogP contribution in [0.5, 0.6) is 0 Å². The third kappa shape index (κ3) is 5.08. The number of carboxylic acid groups (broad SMARTS) is 1. The van der Waals surface area contributed by atoms with Gasteiger partial charge in [-0.1, -0.05) is 48.5 Å². The minimum Gasteiger partial charge on any atom is -0.480 e. The van der Waals surface area contributed by atoms with Gasteiger partial charge < -0.3 is 14.9 Å². The van der Waals surface area contributed by atoms with Gasteiger partial charge in [0.1, 0.15) is 11.2 Å². The van der Waals surface area contributed by atoms with Crippen molar-refractivity contribution in [3.63, 3.8) is 0 Å². The standard InChI is InChI=1S/C19H20O5S/c1-2-24-19(23)15(16(20)13-9-5-3-6-10-13)17(18(21)22)25-14-11-7-4-8-12-14/h3-12,15-17,20H,2H2,1H3,(H,21,22)/t15-,16+,17?/m0/s1. The molecule has 0 aliphatic carbocycles. The normalized spacial score (nSPS) is 14.3. The minimum absolute atomic E-state index is 0.110. The van der Waals surface area contributed by atoms with Crippen LogP contribution in [0.4, 0.5) is 0 Å². The molecule has 0 aliphatic rings. The number of rotatable bonds is 8. The molecule has 0 spiro atoms. The molecule has 5 nitrogen and oxygen atoms in total. The summed E-state index contributed by atoms with van der Waals surface area (Å²) in [5.41, 5.74) is 0.473. The van der Waals surface area contributed by atoms with Gasteiger partial charge in [-0.15, -0.1) is 11.8 Å². The number of carbonyl (C=O) groups is 2. The molecule has 6 heteroatoms. The van der Waals surface area contributed by atoms with Gasteiger partial charge >= 0.3 is 11.9 Å². The van der Waals surface area contributed by atoms with Crippen molar-refractivity contribution in [1.82, 2.24) is 0 Å². The van der Waals surface area contributed by atoms with E-state index in [0.717, 1.165) is 11.8 Å². The van der Waals surface area contributed by atoms with Crippen molar-refractivity contribution in [2.75, 3.05) is 6.61 Å². The molecule has 1 unspecified atom stereocenters. The number of hydrogen-bond donors (Lipinski definition) is 2. The molecule has 25 heavy (non-hydrogen) atoms. The first-order valence-corrected chi connectivity index (χ1v) is 8.76. The van der Waals surface area contributed by atoms with Crippen molar-refractivity contribution in [1.29, 1.82) is 0 Å². The predicted molar refractivity (Wildman–Crippen MR) is 95.2 cm³/mol. The van der Waals surface area contributed by atoms with E-state index < -0.39 is 29.2 Å². The number of aliphatic carboxylic acids is 1. The van der Waals surface area contributed by atoms with Crippen LogP contribution in [0.2, 0.25) is 0 Å². The largest absolute Gasteiger partial charge is 0.480 e. The maximum atomic E-state index is 12.4. The molecule has 132 valence electrons. The Labute approximate surface area is 150 Å². The Balaban J connectivity index is 2.36. The molecular weight excluding hydrogens is 340 g/mol. The van der Waals surface area contributed by atoms with Crippen molar-refractivity contribution in [3.05, 3.63) is 66.2 Å². The number of aliphatic hydroxyl groups is 1. The first-order chi connectivity index (χ1) is 12.0. The van der Waals surface area contributed by atoms with Crippen molar-refractivity contribution in [2.45, 2.75) is 23.2 Å². The number of ether oxygens (including phenoxy) is 1. The highest BCUT2D eigenvalue weighted by Crippen LogP contribution is 2.36. The fourth-order valence-electron chi connectivity index (χ4n) is 2.44. The van der Waals surface area contributed by atoms with E-state index in [4.69, 9.17) is 4.74 Å². The molecule has 0 radical (unpaired) electrons. The van der Waals surface area contributed by atoms with E-state index >= 15 is 0 Å². The lowest BCUT2D eigenvalue weighted by molar-refractivity contribution is -0.156. The van der Waals surface area contributed by atoms with E-state index in [1.807, 2.05) is 6.07 Å². The van der Waals surface area contributed by atoms with E-state index in [1.54, 1.807) is 61.5 Å². The smallest absolute Gasteiger partial charge is 0.318 e. The highest BCUT2D eigenvalue weighted by atomic mass is 32.2. The topological polar surface area (TPSA) is 83.8 Å². The molecule has 0 fully saturated rings. The number of hydrogen-bond acceptors (Lipinski definition) is 5. The Hall–Kier alpha value is -2.31. The van der Waals surface area contributed by atoms with E-state index in [-0.39, 0.29) is 6.61 Å². The molecule has 2 aromatic rings. The van der Waals surface area contributed by atoms with Gasteiger partial charge in [0.05, 0.1) is 12.7 Å². The average molecular weight is 360 g/mol. The summed E-state index contributed by atoms with van der Waals surface area (Å²) in [5.74, 6) is -3.14. The molecule has 0 saturated carbocycles. The molecule has 2 aromatic carbocycles. The van der Waals surface area contributed by atoms with Gasteiger partial charge in [0.2, 0.25) is 0 Å². The second-order valence-electron chi connectivity index (χ2n) is 5.32. The van der Waals surface area contributed by atoms with Crippen LogP contribution in [0, 0.1) is 5.92 Å². The summed E-state index contributed by atoms with van der Waals surface area (Å²) in [6, 6.07) is 17.5. The van der Waals surface area contributed by atoms with Crippen LogP contribution in [0.25, 0.3) is 0 Å². The van der Waals surface area contributed by atoms with Crippen molar-refractivity contribution in [3.8, 4) is 0 Å². The Bertz CT molecular complexity index is 689. The van der Waals surface area contributed by atoms with Crippen molar-refractivity contribution >= 4 is 23.7 Å². The maximum absolute atomic E-state index is 12.4. The number of aliphatic hydroxyl groups excluding tert-OH is 1. The lowest BCUT2D eigenvalue weighted by atomic mass is 9.92. The number of benzene rings is 2. The molecule has 0 bridgehead atoms. The number of thioether (sulfide) groups is 1. The van der Waals surface area contributed by atoms with Crippen LogP contribution in [-0.4, -0.2) is 34.0 Å². The molecule has 0 heterocycles. The van der Waals surface area contributed by atoms with Gasteiger partial charge in [-0.25, -0.2) is 0 Å². The first-order valence-electron chi connectivity index (χ1n) is 7.88. The Morgan fingerprint density at radius 2 is 1.60 bits per heavy atom. The number of carbonyl (C=O) groups excluding carboxylic acids is 1. The highest BCUT2D eigenvalue weighted by Gasteiger charge is 2.41. The minimum atomic E-state index is -1.28. The van der Waals surface area contributed by atoms with Crippen LogP contribution in [0.15, 0.2) is 65.6 Å².